The van der Waals surface area contributed by atoms with Gasteiger partial charge in [-0.15, -0.1) is 5.92 Å². The first-order chi connectivity index (χ1) is 11.8. The number of amides is 1. The number of ketones is 2. The number of likely N-dealkylation sites (tertiary alicyclic amines) is 1. The molecular formula is C21H23NO3. The van der Waals surface area contributed by atoms with Crippen molar-refractivity contribution in [3.63, 3.8) is 0 Å². The predicted molar refractivity (Wildman–Crippen MR) is 95.1 cm³/mol. The standard InChI is InChI=1S/C21H23NO3/c1-5-6-16-7-13(2)19(14(3)8-16)20-17(24)9-21(10-18(20)25)11-22(12-21)15(4)23/h7-8,20H,9-12H2,1-4H3. The van der Waals surface area contributed by atoms with Gasteiger partial charge in [0.05, 0.1) is 0 Å². The number of benzene rings is 1. The van der Waals surface area contributed by atoms with Crippen molar-refractivity contribution in [2.75, 3.05) is 13.1 Å². The van der Waals surface area contributed by atoms with Crippen LogP contribution in [0.4, 0.5) is 0 Å². The molecule has 2 fully saturated rings. The lowest BCUT2D eigenvalue weighted by Gasteiger charge is -2.52. The Balaban J connectivity index is 1.88. The highest BCUT2D eigenvalue weighted by Gasteiger charge is 2.52. The van der Waals surface area contributed by atoms with Gasteiger partial charge in [0, 0.05) is 43.8 Å². The third kappa shape index (κ3) is 3.00. The van der Waals surface area contributed by atoms with Crippen molar-refractivity contribution in [3.05, 3.63) is 34.4 Å². The highest BCUT2D eigenvalue weighted by atomic mass is 16.2. The number of aryl methyl sites for hydroxylation is 2. The average molecular weight is 337 g/mol. The molecule has 0 radical (unpaired) electrons. The van der Waals surface area contributed by atoms with E-state index in [1.807, 2.05) is 26.0 Å². The number of hydrogen-bond donors (Lipinski definition) is 0. The first kappa shape index (κ1) is 17.4. The molecule has 130 valence electrons. The van der Waals surface area contributed by atoms with E-state index in [4.69, 9.17) is 0 Å². The number of Topliss-reactive ketones (excluding diaryl/α,β-unsaturated/α-hetero) is 2. The summed E-state index contributed by atoms with van der Waals surface area (Å²) >= 11 is 0. The van der Waals surface area contributed by atoms with E-state index < -0.39 is 5.92 Å². The predicted octanol–water partition coefficient (Wildman–Crippen LogP) is 2.54. The molecule has 1 aromatic rings. The van der Waals surface area contributed by atoms with Crippen molar-refractivity contribution in [2.45, 2.75) is 46.5 Å². The Morgan fingerprint density at radius 3 is 2.08 bits per heavy atom. The Hall–Kier alpha value is -2.41. The smallest absolute Gasteiger partial charge is 0.219 e. The monoisotopic (exact) mass is 337 g/mol. The van der Waals surface area contributed by atoms with Crippen LogP contribution in [0.1, 0.15) is 54.9 Å². The number of rotatable bonds is 1. The topological polar surface area (TPSA) is 54.5 Å². The van der Waals surface area contributed by atoms with Crippen LogP contribution in [0.2, 0.25) is 0 Å². The van der Waals surface area contributed by atoms with Crippen LogP contribution in [0.5, 0.6) is 0 Å². The van der Waals surface area contributed by atoms with Crippen LogP contribution in [0.15, 0.2) is 12.1 Å². The molecule has 0 unspecified atom stereocenters. The zero-order valence-corrected chi connectivity index (χ0v) is 15.2. The molecule has 2 aliphatic rings. The van der Waals surface area contributed by atoms with Crippen LogP contribution >= 0.6 is 0 Å². The molecule has 1 heterocycles. The fourth-order valence-corrected chi connectivity index (χ4v) is 4.36. The van der Waals surface area contributed by atoms with Gasteiger partial charge in [0.25, 0.3) is 0 Å². The Kier molecular flexibility index (Phi) is 4.28. The summed E-state index contributed by atoms with van der Waals surface area (Å²) in [7, 11) is 0. The van der Waals surface area contributed by atoms with Crippen molar-refractivity contribution in [3.8, 4) is 11.8 Å². The summed E-state index contributed by atoms with van der Waals surface area (Å²) in [5.41, 5.74) is 3.31. The van der Waals surface area contributed by atoms with Gasteiger partial charge in [-0.05, 0) is 49.6 Å². The quantitative estimate of drug-likeness (QED) is 0.584. The lowest BCUT2D eigenvalue weighted by Crippen LogP contribution is -2.61. The molecule has 3 rings (SSSR count). The van der Waals surface area contributed by atoms with E-state index in [9.17, 15) is 14.4 Å². The zero-order valence-electron chi connectivity index (χ0n) is 15.2. The lowest BCUT2D eigenvalue weighted by molar-refractivity contribution is -0.153. The van der Waals surface area contributed by atoms with Gasteiger partial charge in [-0.3, -0.25) is 14.4 Å². The van der Waals surface area contributed by atoms with Crippen LogP contribution in [0, 0.1) is 31.1 Å². The van der Waals surface area contributed by atoms with E-state index in [-0.39, 0.29) is 22.9 Å². The Morgan fingerprint density at radius 1 is 1.12 bits per heavy atom. The maximum Gasteiger partial charge on any atom is 0.219 e. The molecule has 1 amide bonds. The average Bonchev–Trinajstić information content (AvgIpc) is 2.46. The molecule has 1 spiro atoms. The van der Waals surface area contributed by atoms with Gasteiger partial charge in [0.1, 0.15) is 17.5 Å². The zero-order chi connectivity index (χ0) is 18.4. The van der Waals surface area contributed by atoms with Gasteiger partial charge in [-0.25, -0.2) is 0 Å². The van der Waals surface area contributed by atoms with Crippen LogP contribution in [-0.4, -0.2) is 35.5 Å². The van der Waals surface area contributed by atoms with Crippen molar-refractivity contribution in [2.24, 2.45) is 5.41 Å². The van der Waals surface area contributed by atoms with Crippen LogP contribution in [0.3, 0.4) is 0 Å². The summed E-state index contributed by atoms with van der Waals surface area (Å²) in [5, 5.41) is 0. The molecule has 1 aliphatic heterocycles. The SMILES string of the molecule is CC#Cc1cc(C)c(C2C(=O)CC3(CC2=O)CN(C(C)=O)C3)c(C)c1. The Bertz CT molecular complexity index is 791. The summed E-state index contributed by atoms with van der Waals surface area (Å²) < 4.78 is 0. The minimum Gasteiger partial charge on any atom is -0.342 e. The molecular weight excluding hydrogens is 314 g/mol. The summed E-state index contributed by atoms with van der Waals surface area (Å²) in [4.78, 5) is 38.8. The summed E-state index contributed by atoms with van der Waals surface area (Å²) in [6.07, 6.45) is 0.755. The highest BCUT2D eigenvalue weighted by molar-refractivity contribution is 6.11. The van der Waals surface area contributed by atoms with Gasteiger partial charge in [0.15, 0.2) is 0 Å². The largest absolute Gasteiger partial charge is 0.342 e. The van der Waals surface area contributed by atoms with E-state index in [1.165, 1.54) is 6.92 Å². The Morgan fingerprint density at radius 2 is 1.64 bits per heavy atom. The normalized spacial score (nSPS) is 19.4. The van der Waals surface area contributed by atoms with Gasteiger partial charge in [-0.1, -0.05) is 5.92 Å². The molecule has 1 aliphatic carbocycles. The molecule has 0 N–H and O–H groups in total. The Labute approximate surface area is 148 Å². The molecule has 4 nitrogen and oxygen atoms in total. The third-order valence-corrected chi connectivity index (χ3v) is 5.39. The van der Waals surface area contributed by atoms with E-state index in [0.29, 0.717) is 25.9 Å². The lowest BCUT2D eigenvalue weighted by atomic mass is 9.63. The first-order valence-corrected chi connectivity index (χ1v) is 8.61. The highest BCUT2D eigenvalue weighted by Crippen LogP contribution is 2.46. The fourth-order valence-electron chi connectivity index (χ4n) is 4.36. The van der Waals surface area contributed by atoms with Crippen LogP contribution in [-0.2, 0) is 14.4 Å². The van der Waals surface area contributed by atoms with E-state index in [2.05, 4.69) is 11.8 Å². The summed E-state index contributed by atoms with van der Waals surface area (Å²) in [5.74, 6) is 5.22. The second-order valence-electron chi connectivity index (χ2n) is 7.49. The number of carbonyl (C=O) groups is 3. The van der Waals surface area contributed by atoms with Crippen molar-refractivity contribution < 1.29 is 14.4 Å². The fraction of sp³-hybridized carbons (Fsp3) is 0.476. The van der Waals surface area contributed by atoms with Crippen molar-refractivity contribution in [1.29, 1.82) is 0 Å². The first-order valence-electron chi connectivity index (χ1n) is 8.61. The second-order valence-corrected chi connectivity index (χ2v) is 7.49. The second kappa shape index (κ2) is 6.15. The third-order valence-electron chi connectivity index (χ3n) is 5.39. The number of hydrogen-bond acceptors (Lipinski definition) is 3. The van der Waals surface area contributed by atoms with Gasteiger partial charge < -0.3 is 4.90 Å². The summed E-state index contributed by atoms with van der Waals surface area (Å²) in [6, 6.07) is 3.90. The minimum absolute atomic E-state index is 0.00644. The molecule has 1 aromatic carbocycles. The molecule has 0 bridgehead atoms. The van der Waals surface area contributed by atoms with E-state index >= 15 is 0 Å². The number of nitrogens with zero attached hydrogens (tertiary/aromatic N) is 1. The van der Waals surface area contributed by atoms with Crippen LogP contribution in [0.25, 0.3) is 0 Å². The molecule has 0 atom stereocenters. The molecule has 1 saturated heterocycles. The van der Waals surface area contributed by atoms with Gasteiger partial charge in [-0.2, -0.15) is 0 Å². The van der Waals surface area contributed by atoms with E-state index in [1.54, 1.807) is 11.8 Å². The maximum atomic E-state index is 12.9. The molecule has 4 heteroatoms. The van der Waals surface area contributed by atoms with Gasteiger partial charge in [0.2, 0.25) is 5.91 Å². The maximum absolute atomic E-state index is 12.9. The molecule has 0 aromatic heterocycles. The minimum atomic E-state index is -0.666. The van der Waals surface area contributed by atoms with Crippen molar-refractivity contribution >= 4 is 17.5 Å². The van der Waals surface area contributed by atoms with Crippen LogP contribution < -0.4 is 0 Å². The van der Waals surface area contributed by atoms with Crippen molar-refractivity contribution in [1.82, 2.24) is 4.90 Å². The van der Waals surface area contributed by atoms with E-state index in [0.717, 1.165) is 22.3 Å². The summed E-state index contributed by atoms with van der Waals surface area (Å²) in [6.45, 7) is 8.24. The molecule has 25 heavy (non-hydrogen) atoms. The molecule has 1 saturated carbocycles. The number of carbonyl (C=O) groups excluding carboxylic acids is 3. The van der Waals surface area contributed by atoms with Gasteiger partial charge >= 0.3 is 0 Å².